The van der Waals surface area contributed by atoms with Crippen molar-refractivity contribution in [2.45, 2.75) is 37.6 Å². The zero-order valence-electron chi connectivity index (χ0n) is 17.9. The summed E-state index contributed by atoms with van der Waals surface area (Å²) in [5.74, 6) is 0.558. The van der Waals surface area contributed by atoms with Crippen LogP contribution in [0.3, 0.4) is 0 Å². The summed E-state index contributed by atoms with van der Waals surface area (Å²) in [6.45, 7) is 2.60. The van der Waals surface area contributed by atoms with Gasteiger partial charge in [-0.15, -0.1) is 5.10 Å². The molecule has 1 saturated carbocycles. The second-order valence-corrected chi connectivity index (χ2v) is 9.98. The molecule has 1 fully saturated rings. The molecule has 3 aliphatic rings. The number of amides is 2. The molecule has 33 heavy (non-hydrogen) atoms. The Kier molecular flexibility index (Phi) is 4.58. The predicted octanol–water partition coefficient (Wildman–Crippen LogP) is 4.58. The molecule has 0 saturated heterocycles. The molecule has 1 unspecified atom stereocenters. The van der Waals surface area contributed by atoms with E-state index in [0.29, 0.717) is 34.0 Å². The third-order valence-corrected chi connectivity index (χ3v) is 7.45. The Morgan fingerprint density at radius 2 is 1.85 bits per heavy atom. The number of carbonyl (C=O) groups excluding carboxylic acids is 2. The minimum Gasteiger partial charge on any atom is -0.311 e. The molecule has 3 aromatic rings. The lowest BCUT2D eigenvalue weighted by Crippen LogP contribution is -2.47. The Bertz CT molecular complexity index is 1300. The topological polar surface area (TPSA) is 80.1 Å². The van der Waals surface area contributed by atoms with Gasteiger partial charge in [-0.3, -0.25) is 9.59 Å². The van der Waals surface area contributed by atoms with Crippen LogP contribution in [-0.2, 0) is 15.0 Å². The quantitative estimate of drug-likeness (QED) is 0.591. The lowest BCUT2D eigenvalue weighted by Gasteiger charge is -2.31. The van der Waals surface area contributed by atoms with E-state index in [4.69, 9.17) is 23.2 Å². The summed E-state index contributed by atoms with van der Waals surface area (Å²) in [7, 11) is 0. The summed E-state index contributed by atoms with van der Waals surface area (Å²) in [5.41, 5.74) is 1.72. The molecule has 6 rings (SSSR count). The van der Waals surface area contributed by atoms with Crippen molar-refractivity contribution in [1.82, 2.24) is 15.0 Å². The van der Waals surface area contributed by atoms with Gasteiger partial charge < -0.3 is 10.2 Å². The monoisotopic (exact) mass is 481 g/mol. The Labute approximate surface area is 200 Å². The molecule has 0 radical (unpaired) electrons. The molecule has 1 spiro atoms. The Morgan fingerprint density at radius 1 is 1.12 bits per heavy atom. The molecular formula is C24H21Cl2N5O2. The van der Waals surface area contributed by atoms with Crippen molar-refractivity contribution in [1.29, 1.82) is 0 Å². The Balaban J connectivity index is 1.51. The number of benzene rings is 2. The SMILES string of the molecule is CC(c1ccc(Cl)cc1)n1nnc2c1NC(=O)C[C@]21C(=O)N(CC2CC2)c2ccc(Cl)cc21. The second kappa shape index (κ2) is 7.30. The number of fused-ring (bicyclic) bond motifs is 4. The highest BCUT2D eigenvalue weighted by atomic mass is 35.5. The molecule has 3 heterocycles. The molecule has 9 heteroatoms. The van der Waals surface area contributed by atoms with E-state index in [1.807, 2.05) is 42.2 Å². The van der Waals surface area contributed by atoms with Crippen LogP contribution in [-0.4, -0.2) is 33.4 Å². The molecule has 2 aromatic carbocycles. The molecule has 168 valence electrons. The molecule has 2 aliphatic heterocycles. The maximum absolute atomic E-state index is 14.0. The minimum absolute atomic E-state index is 0.0264. The van der Waals surface area contributed by atoms with E-state index in [1.165, 1.54) is 0 Å². The highest BCUT2D eigenvalue weighted by molar-refractivity contribution is 6.31. The standard InChI is InChI=1S/C24H21Cl2N5O2/c1-13(15-4-6-16(25)7-5-15)31-22-21(28-29-31)24(11-20(32)27-22)18-10-17(26)8-9-19(18)30(23(24)33)12-14-2-3-14/h4-10,13-14H,2-3,11-12H2,1H3,(H,27,32)/t13?,24-/m1/s1. The number of hydrogen-bond donors (Lipinski definition) is 1. The number of nitrogens with one attached hydrogen (secondary N) is 1. The van der Waals surface area contributed by atoms with Crippen molar-refractivity contribution in [3.63, 3.8) is 0 Å². The van der Waals surface area contributed by atoms with Crippen LogP contribution < -0.4 is 10.2 Å². The first-order valence-electron chi connectivity index (χ1n) is 11.0. The lowest BCUT2D eigenvalue weighted by atomic mass is 9.73. The van der Waals surface area contributed by atoms with Crippen molar-refractivity contribution in [2.24, 2.45) is 5.92 Å². The van der Waals surface area contributed by atoms with Crippen molar-refractivity contribution < 1.29 is 9.59 Å². The van der Waals surface area contributed by atoms with Crippen LogP contribution in [0.4, 0.5) is 11.5 Å². The van der Waals surface area contributed by atoms with Crippen molar-refractivity contribution >= 4 is 46.5 Å². The first-order valence-corrected chi connectivity index (χ1v) is 11.8. The highest BCUT2D eigenvalue weighted by Crippen LogP contribution is 2.53. The summed E-state index contributed by atoms with van der Waals surface area (Å²) in [6, 6.07) is 12.7. The number of carbonyl (C=O) groups is 2. The third kappa shape index (κ3) is 3.09. The van der Waals surface area contributed by atoms with Crippen molar-refractivity contribution in [2.75, 3.05) is 16.8 Å². The summed E-state index contributed by atoms with van der Waals surface area (Å²) < 4.78 is 1.67. The van der Waals surface area contributed by atoms with Gasteiger partial charge in [-0.2, -0.15) is 0 Å². The van der Waals surface area contributed by atoms with Gasteiger partial charge in [0.1, 0.15) is 11.1 Å². The van der Waals surface area contributed by atoms with E-state index in [0.717, 1.165) is 29.7 Å². The van der Waals surface area contributed by atoms with E-state index in [2.05, 4.69) is 15.6 Å². The molecule has 2 amide bonds. The van der Waals surface area contributed by atoms with Crippen LogP contribution in [0.5, 0.6) is 0 Å². The lowest BCUT2D eigenvalue weighted by molar-refractivity contribution is -0.126. The van der Waals surface area contributed by atoms with Crippen LogP contribution in [0, 0.1) is 5.92 Å². The van der Waals surface area contributed by atoms with E-state index < -0.39 is 5.41 Å². The van der Waals surface area contributed by atoms with Crippen LogP contribution in [0.15, 0.2) is 42.5 Å². The number of nitrogens with zero attached hydrogens (tertiary/aromatic N) is 4. The molecule has 0 bridgehead atoms. The average Bonchev–Trinajstić information content (AvgIpc) is 3.48. The van der Waals surface area contributed by atoms with Crippen LogP contribution in [0.1, 0.15) is 49.0 Å². The number of rotatable bonds is 4. The predicted molar refractivity (Wildman–Crippen MR) is 126 cm³/mol. The average molecular weight is 482 g/mol. The molecule has 2 atom stereocenters. The summed E-state index contributed by atoms with van der Waals surface area (Å²) in [4.78, 5) is 28.9. The molecule has 7 nitrogen and oxygen atoms in total. The number of aromatic nitrogens is 3. The van der Waals surface area contributed by atoms with Crippen LogP contribution in [0.2, 0.25) is 10.0 Å². The maximum Gasteiger partial charge on any atom is 0.244 e. The fraction of sp³-hybridized carbons (Fsp3) is 0.333. The zero-order chi connectivity index (χ0) is 22.9. The molecule has 1 N–H and O–H groups in total. The van der Waals surface area contributed by atoms with E-state index in [1.54, 1.807) is 16.8 Å². The smallest absolute Gasteiger partial charge is 0.244 e. The van der Waals surface area contributed by atoms with Crippen LogP contribution >= 0.6 is 23.2 Å². The van der Waals surface area contributed by atoms with Crippen molar-refractivity contribution in [3.8, 4) is 0 Å². The second-order valence-electron chi connectivity index (χ2n) is 9.11. The van der Waals surface area contributed by atoms with Gasteiger partial charge in [0.2, 0.25) is 11.8 Å². The van der Waals surface area contributed by atoms with Gasteiger partial charge in [-0.25, -0.2) is 4.68 Å². The maximum atomic E-state index is 14.0. The zero-order valence-corrected chi connectivity index (χ0v) is 19.4. The fourth-order valence-electron chi connectivity index (χ4n) is 5.03. The van der Waals surface area contributed by atoms with Gasteiger partial charge >= 0.3 is 0 Å². The van der Waals surface area contributed by atoms with Gasteiger partial charge in [-0.05, 0) is 67.1 Å². The summed E-state index contributed by atoms with van der Waals surface area (Å²) in [5, 5.41) is 13.0. The van der Waals surface area contributed by atoms with Gasteiger partial charge in [0.15, 0.2) is 5.82 Å². The molecular weight excluding hydrogens is 461 g/mol. The third-order valence-electron chi connectivity index (χ3n) is 6.96. The Hall–Kier alpha value is -2.90. The molecule has 1 aromatic heterocycles. The van der Waals surface area contributed by atoms with E-state index in [9.17, 15) is 9.59 Å². The summed E-state index contributed by atoms with van der Waals surface area (Å²) in [6.07, 6.45) is 2.20. The van der Waals surface area contributed by atoms with Crippen LogP contribution in [0.25, 0.3) is 0 Å². The fourth-order valence-corrected chi connectivity index (χ4v) is 5.33. The summed E-state index contributed by atoms with van der Waals surface area (Å²) >= 11 is 12.4. The number of halogens is 2. The first kappa shape index (κ1) is 20.7. The van der Waals surface area contributed by atoms with E-state index >= 15 is 0 Å². The highest BCUT2D eigenvalue weighted by Gasteiger charge is 2.59. The minimum atomic E-state index is -1.23. The normalized spacial score (nSPS) is 22.3. The van der Waals surface area contributed by atoms with Gasteiger partial charge in [0, 0.05) is 22.3 Å². The Morgan fingerprint density at radius 3 is 2.58 bits per heavy atom. The molecule has 1 aliphatic carbocycles. The first-order chi connectivity index (χ1) is 15.9. The van der Waals surface area contributed by atoms with Gasteiger partial charge in [-0.1, -0.05) is 40.5 Å². The largest absolute Gasteiger partial charge is 0.311 e. The van der Waals surface area contributed by atoms with E-state index in [-0.39, 0.29) is 24.3 Å². The van der Waals surface area contributed by atoms with Gasteiger partial charge in [0.05, 0.1) is 12.5 Å². The number of anilines is 2. The number of hydrogen-bond acceptors (Lipinski definition) is 4. The van der Waals surface area contributed by atoms with Gasteiger partial charge in [0.25, 0.3) is 0 Å². The van der Waals surface area contributed by atoms with Crippen molar-refractivity contribution in [3.05, 3.63) is 69.3 Å².